The number of nitrogens with zero attached hydrogens (tertiary/aromatic N) is 1. The van der Waals surface area contributed by atoms with Gasteiger partial charge in [0.1, 0.15) is 0 Å². The van der Waals surface area contributed by atoms with E-state index in [0.717, 1.165) is 0 Å². The summed E-state index contributed by atoms with van der Waals surface area (Å²) in [6.07, 6.45) is 0.332. The van der Waals surface area contributed by atoms with Gasteiger partial charge in [-0.2, -0.15) is 4.31 Å². The third-order valence-corrected chi connectivity index (χ3v) is 5.20. The SMILES string of the molecule is CC(C)S(=O)(=O)N1CCC(=O)C1(C)C. The largest absolute Gasteiger partial charge is 0.298 e. The van der Waals surface area contributed by atoms with Crippen molar-refractivity contribution in [2.75, 3.05) is 6.54 Å². The highest BCUT2D eigenvalue weighted by molar-refractivity contribution is 7.89. The summed E-state index contributed by atoms with van der Waals surface area (Å²) in [4.78, 5) is 11.5. The van der Waals surface area contributed by atoms with Crippen molar-refractivity contribution in [1.82, 2.24) is 4.31 Å². The van der Waals surface area contributed by atoms with Crippen LogP contribution < -0.4 is 0 Å². The van der Waals surface area contributed by atoms with Gasteiger partial charge in [0, 0.05) is 13.0 Å². The number of Topliss-reactive ketones (excluding diaryl/α,β-unsaturated/α-hetero) is 1. The summed E-state index contributed by atoms with van der Waals surface area (Å²) in [6.45, 7) is 6.93. The molecule has 0 bridgehead atoms. The fourth-order valence-corrected chi connectivity index (χ4v) is 3.22. The maximum absolute atomic E-state index is 11.9. The first-order chi connectivity index (χ1) is 6.20. The maximum Gasteiger partial charge on any atom is 0.217 e. The molecule has 0 radical (unpaired) electrons. The number of carbonyl (C=O) groups excluding carboxylic acids is 1. The predicted octanol–water partition coefficient (Wildman–Crippen LogP) is 0.778. The van der Waals surface area contributed by atoms with Crippen molar-refractivity contribution < 1.29 is 13.2 Å². The van der Waals surface area contributed by atoms with Gasteiger partial charge in [0.25, 0.3) is 0 Å². The van der Waals surface area contributed by atoms with Crippen LogP contribution in [0, 0.1) is 0 Å². The van der Waals surface area contributed by atoms with E-state index in [4.69, 9.17) is 0 Å². The summed E-state index contributed by atoms with van der Waals surface area (Å²) in [6, 6.07) is 0. The van der Waals surface area contributed by atoms with Gasteiger partial charge in [-0.1, -0.05) is 0 Å². The van der Waals surface area contributed by atoms with Gasteiger partial charge in [-0.25, -0.2) is 8.42 Å². The lowest BCUT2D eigenvalue weighted by atomic mass is 10.0. The summed E-state index contributed by atoms with van der Waals surface area (Å²) < 4.78 is 25.1. The van der Waals surface area contributed by atoms with Crippen LogP contribution in [-0.4, -0.2) is 35.8 Å². The minimum Gasteiger partial charge on any atom is -0.298 e. The third kappa shape index (κ3) is 1.59. The second-order valence-corrected chi connectivity index (χ2v) is 6.81. The fourth-order valence-electron chi connectivity index (χ4n) is 1.63. The summed E-state index contributed by atoms with van der Waals surface area (Å²) in [5, 5.41) is -0.465. The van der Waals surface area contributed by atoms with Crippen LogP contribution in [0.3, 0.4) is 0 Å². The molecule has 0 aliphatic carbocycles. The molecule has 0 aromatic rings. The Balaban J connectivity index is 3.08. The van der Waals surface area contributed by atoms with Crippen LogP contribution in [0.25, 0.3) is 0 Å². The number of hydrogen-bond acceptors (Lipinski definition) is 3. The lowest BCUT2D eigenvalue weighted by molar-refractivity contribution is -0.122. The second kappa shape index (κ2) is 3.31. The monoisotopic (exact) mass is 219 g/mol. The first-order valence-corrected chi connectivity index (χ1v) is 6.26. The molecule has 1 aliphatic rings. The Kier molecular flexibility index (Phi) is 2.75. The van der Waals surface area contributed by atoms with E-state index >= 15 is 0 Å². The standard InChI is InChI=1S/C9H17NO3S/c1-7(2)14(12,13)10-6-5-8(11)9(10,3)4/h7H,5-6H2,1-4H3. The molecule has 1 saturated heterocycles. The first kappa shape index (κ1) is 11.7. The second-order valence-electron chi connectivity index (χ2n) is 4.40. The number of carbonyl (C=O) groups is 1. The predicted molar refractivity (Wildman–Crippen MR) is 54.5 cm³/mol. The summed E-state index contributed by atoms with van der Waals surface area (Å²) >= 11 is 0. The Morgan fingerprint density at radius 2 is 1.86 bits per heavy atom. The quantitative estimate of drug-likeness (QED) is 0.689. The van der Waals surface area contributed by atoms with E-state index in [1.165, 1.54) is 4.31 Å². The Bertz CT molecular complexity index is 343. The summed E-state index contributed by atoms with van der Waals surface area (Å²) in [7, 11) is -3.30. The molecule has 14 heavy (non-hydrogen) atoms. The van der Waals surface area contributed by atoms with E-state index in [0.29, 0.717) is 13.0 Å². The van der Waals surface area contributed by atoms with Crippen LogP contribution in [0.2, 0.25) is 0 Å². The average Bonchev–Trinajstić information content (AvgIpc) is 2.27. The number of ketones is 1. The Labute approximate surface area is 85.3 Å². The molecule has 0 amide bonds. The zero-order valence-electron chi connectivity index (χ0n) is 9.07. The molecule has 0 unspecified atom stereocenters. The van der Waals surface area contributed by atoms with E-state index in [-0.39, 0.29) is 5.78 Å². The van der Waals surface area contributed by atoms with Crippen LogP contribution in [0.15, 0.2) is 0 Å². The molecule has 0 spiro atoms. The molecule has 82 valence electrons. The third-order valence-electron chi connectivity index (χ3n) is 2.75. The molecule has 0 aromatic heterocycles. The first-order valence-electron chi connectivity index (χ1n) is 4.75. The zero-order valence-corrected chi connectivity index (χ0v) is 9.89. The van der Waals surface area contributed by atoms with Crippen LogP contribution in [-0.2, 0) is 14.8 Å². The fraction of sp³-hybridized carbons (Fsp3) is 0.889. The van der Waals surface area contributed by atoms with Crippen LogP contribution in [0.4, 0.5) is 0 Å². The van der Waals surface area contributed by atoms with Crippen molar-refractivity contribution in [1.29, 1.82) is 0 Å². The van der Waals surface area contributed by atoms with Crippen molar-refractivity contribution in [3.05, 3.63) is 0 Å². The molecule has 1 fully saturated rings. The maximum atomic E-state index is 11.9. The molecular weight excluding hydrogens is 202 g/mol. The van der Waals surface area contributed by atoms with Gasteiger partial charge in [0.15, 0.2) is 5.78 Å². The smallest absolute Gasteiger partial charge is 0.217 e. The lowest BCUT2D eigenvalue weighted by Crippen LogP contribution is -2.48. The Morgan fingerprint density at radius 3 is 2.14 bits per heavy atom. The van der Waals surface area contributed by atoms with Gasteiger partial charge in [-0.15, -0.1) is 0 Å². The molecule has 1 aliphatic heterocycles. The highest BCUT2D eigenvalue weighted by Crippen LogP contribution is 2.29. The molecule has 1 rings (SSSR count). The van der Waals surface area contributed by atoms with Crippen molar-refractivity contribution in [2.45, 2.75) is 44.9 Å². The van der Waals surface area contributed by atoms with Gasteiger partial charge in [0.05, 0.1) is 10.8 Å². The molecule has 0 atom stereocenters. The Hall–Kier alpha value is -0.420. The van der Waals surface area contributed by atoms with Gasteiger partial charge >= 0.3 is 0 Å². The molecule has 0 N–H and O–H groups in total. The highest BCUT2D eigenvalue weighted by Gasteiger charge is 2.47. The van der Waals surface area contributed by atoms with E-state index in [9.17, 15) is 13.2 Å². The van der Waals surface area contributed by atoms with E-state index < -0.39 is 20.8 Å². The summed E-state index contributed by atoms with van der Waals surface area (Å²) in [5.74, 6) is 0.00160. The minimum atomic E-state index is -3.30. The normalized spacial score (nSPS) is 23.4. The van der Waals surface area contributed by atoms with Crippen molar-refractivity contribution in [3.8, 4) is 0 Å². The molecule has 5 heteroatoms. The summed E-state index contributed by atoms with van der Waals surface area (Å²) in [5.41, 5.74) is -0.858. The molecule has 1 heterocycles. The van der Waals surface area contributed by atoms with Gasteiger partial charge in [-0.05, 0) is 27.7 Å². The van der Waals surface area contributed by atoms with Gasteiger partial charge in [-0.3, -0.25) is 4.79 Å². The van der Waals surface area contributed by atoms with Crippen molar-refractivity contribution >= 4 is 15.8 Å². The van der Waals surface area contributed by atoms with E-state index in [1.807, 2.05) is 0 Å². The molecule has 0 saturated carbocycles. The van der Waals surface area contributed by atoms with E-state index in [1.54, 1.807) is 27.7 Å². The molecule has 0 aromatic carbocycles. The molecular formula is C9H17NO3S. The zero-order chi connectivity index (χ0) is 11.1. The minimum absolute atomic E-state index is 0.00160. The number of rotatable bonds is 2. The van der Waals surface area contributed by atoms with Crippen LogP contribution >= 0.6 is 0 Å². The molecule has 4 nitrogen and oxygen atoms in total. The lowest BCUT2D eigenvalue weighted by Gasteiger charge is -2.30. The van der Waals surface area contributed by atoms with Crippen LogP contribution in [0.5, 0.6) is 0 Å². The van der Waals surface area contributed by atoms with Crippen LogP contribution in [0.1, 0.15) is 34.1 Å². The van der Waals surface area contributed by atoms with Gasteiger partial charge in [0.2, 0.25) is 10.0 Å². The van der Waals surface area contributed by atoms with Gasteiger partial charge < -0.3 is 0 Å². The highest BCUT2D eigenvalue weighted by atomic mass is 32.2. The van der Waals surface area contributed by atoms with E-state index in [2.05, 4.69) is 0 Å². The number of sulfonamides is 1. The van der Waals surface area contributed by atoms with Crippen molar-refractivity contribution in [2.24, 2.45) is 0 Å². The number of hydrogen-bond donors (Lipinski definition) is 0. The van der Waals surface area contributed by atoms with Crippen molar-refractivity contribution in [3.63, 3.8) is 0 Å². The topological polar surface area (TPSA) is 54.5 Å². The Morgan fingerprint density at radius 1 is 1.36 bits per heavy atom. The average molecular weight is 219 g/mol.